The normalized spacial score (nSPS) is 16.2. The van der Waals surface area contributed by atoms with E-state index in [1.54, 1.807) is 24.5 Å². The van der Waals surface area contributed by atoms with E-state index in [9.17, 15) is 4.79 Å². The minimum absolute atomic E-state index is 0.0551. The Morgan fingerprint density at radius 2 is 2.16 bits per heavy atom. The maximum absolute atomic E-state index is 12.2. The Bertz CT molecular complexity index is 706. The van der Waals surface area contributed by atoms with Crippen LogP contribution in [-0.2, 0) is 4.79 Å². The standard InChI is InChI=1S/C20H24N2O2S/c1-24-17-7-4-6-16(14-17)19(22-11-2-3-12-22)15-21-20(23)10-9-18-8-5-13-25-18/h4-10,13-14,19H,2-3,11-12,15H2,1H3,(H,21,23)/b10-9+. The van der Waals surface area contributed by atoms with E-state index >= 15 is 0 Å². The number of ether oxygens (including phenoxy) is 1. The van der Waals surface area contributed by atoms with Crippen molar-refractivity contribution >= 4 is 23.3 Å². The number of likely N-dealkylation sites (tertiary alicyclic amines) is 1. The fraction of sp³-hybridized carbons (Fsp3) is 0.350. The molecule has 2 heterocycles. The average Bonchev–Trinajstić information content (AvgIpc) is 3.34. The number of hydrogen-bond donors (Lipinski definition) is 1. The molecule has 1 unspecified atom stereocenters. The van der Waals surface area contributed by atoms with Gasteiger partial charge in [-0.2, -0.15) is 0 Å². The molecule has 25 heavy (non-hydrogen) atoms. The second kappa shape index (κ2) is 8.83. The van der Waals surface area contributed by atoms with Crippen molar-refractivity contribution in [3.8, 4) is 5.75 Å². The Kier molecular flexibility index (Phi) is 6.25. The molecule has 0 bridgehead atoms. The minimum Gasteiger partial charge on any atom is -0.497 e. The van der Waals surface area contributed by atoms with E-state index in [0.29, 0.717) is 6.54 Å². The van der Waals surface area contributed by atoms with Gasteiger partial charge in [-0.25, -0.2) is 0 Å². The Hall–Kier alpha value is -2.11. The van der Waals surface area contributed by atoms with Crippen LogP contribution in [-0.4, -0.2) is 37.6 Å². The maximum Gasteiger partial charge on any atom is 0.244 e. The topological polar surface area (TPSA) is 41.6 Å². The molecule has 1 atom stereocenters. The summed E-state index contributed by atoms with van der Waals surface area (Å²) in [6, 6.07) is 12.3. The number of amides is 1. The van der Waals surface area contributed by atoms with Crippen molar-refractivity contribution in [2.75, 3.05) is 26.7 Å². The third-order valence-corrected chi connectivity index (χ3v) is 5.31. The van der Waals surface area contributed by atoms with Gasteiger partial charge in [0.05, 0.1) is 13.2 Å². The first-order chi connectivity index (χ1) is 12.3. The average molecular weight is 356 g/mol. The van der Waals surface area contributed by atoms with Crippen molar-refractivity contribution in [2.24, 2.45) is 0 Å². The van der Waals surface area contributed by atoms with Gasteiger partial charge in [-0.1, -0.05) is 18.2 Å². The van der Waals surface area contributed by atoms with Gasteiger partial charge in [-0.3, -0.25) is 9.69 Å². The van der Waals surface area contributed by atoms with Crippen LogP contribution in [0.5, 0.6) is 5.75 Å². The maximum atomic E-state index is 12.2. The highest BCUT2D eigenvalue weighted by Gasteiger charge is 2.24. The molecule has 0 spiro atoms. The van der Waals surface area contributed by atoms with E-state index in [4.69, 9.17) is 4.74 Å². The molecule has 1 N–H and O–H groups in total. The third kappa shape index (κ3) is 4.94. The summed E-state index contributed by atoms with van der Waals surface area (Å²) in [7, 11) is 1.68. The SMILES string of the molecule is COc1cccc(C(CNC(=O)/C=C/c2cccs2)N2CCCC2)c1. The predicted octanol–water partition coefficient (Wildman–Crippen LogP) is 3.72. The molecule has 1 aliphatic heterocycles. The van der Waals surface area contributed by atoms with Crippen molar-refractivity contribution in [1.29, 1.82) is 0 Å². The molecule has 1 amide bonds. The van der Waals surface area contributed by atoms with Crippen LogP contribution in [0.2, 0.25) is 0 Å². The smallest absolute Gasteiger partial charge is 0.244 e. The number of methoxy groups -OCH3 is 1. The minimum atomic E-state index is -0.0551. The molecule has 1 saturated heterocycles. The molecule has 1 aromatic carbocycles. The molecule has 0 saturated carbocycles. The fourth-order valence-electron chi connectivity index (χ4n) is 3.16. The zero-order valence-electron chi connectivity index (χ0n) is 14.5. The highest BCUT2D eigenvalue weighted by molar-refractivity contribution is 7.10. The van der Waals surface area contributed by atoms with Gasteiger partial charge in [0, 0.05) is 17.5 Å². The summed E-state index contributed by atoms with van der Waals surface area (Å²) in [5.41, 5.74) is 1.18. The quantitative estimate of drug-likeness (QED) is 0.769. The van der Waals surface area contributed by atoms with Crippen molar-refractivity contribution in [3.63, 3.8) is 0 Å². The first-order valence-electron chi connectivity index (χ1n) is 8.63. The third-order valence-electron chi connectivity index (χ3n) is 4.47. The molecular formula is C20H24N2O2S. The molecule has 5 heteroatoms. The van der Waals surface area contributed by atoms with Crippen LogP contribution in [0.15, 0.2) is 47.9 Å². The first-order valence-corrected chi connectivity index (χ1v) is 9.51. The predicted molar refractivity (Wildman–Crippen MR) is 103 cm³/mol. The van der Waals surface area contributed by atoms with Crippen LogP contribution in [0.4, 0.5) is 0 Å². The molecule has 2 aromatic rings. The number of thiophene rings is 1. The Balaban J connectivity index is 1.66. The molecule has 0 radical (unpaired) electrons. The van der Waals surface area contributed by atoms with E-state index < -0.39 is 0 Å². The molecule has 0 aliphatic carbocycles. The van der Waals surface area contributed by atoms with Gasteiger partial charge >= 0.3 is 0 Å². The van der Waals surface area contributed by atoms with E-state index in [1.807, 2.05) is 35.7 Å². The number of hydrogen-bond acceptors (Lipinski definition) is 4. The monoisotopic (exact) mass is 356 g/mol. The van der Waals surface area contributed by atoms with Gasteiger partial charge in [-0.05, 0) is 61.1 Å². The molecule has 4 nitrogen and oxygen atoms in total. The summed E-state index contributed by atoms with van der Waals surface area (Å²) >= 11 is 1.62. The summed E-state index contributed by atoms with van der Waals surface area (Å²) in [4.78, 5) is 15.7. The fourth-order valence-corrected chi connectivity index (χ4v) is 3.78. The lowest BCUT2D eigenvalue weighted by Gasteiger charge is -2.28. The summed E-state index contributed by atoms with van der Waals surface area (Å²) in [5.74, 6) is 0.797. The van der Waals surface area contributed by atoms with E-state index in [1.165, 1.54) is 18.4 Å². The molecule has 1 aromatic heterocycles. The largest absolute Gasteiger partial charge is 0.497 e. The Morgan fingerprint density at radius 3 is 2.88 bits per heavy atom. The van der Waals surface area contributed by atoms with Crippen molar-refractivity contribution in [2.45, 2.75) is 18.9 Å². The van der Waals surface area contributed by atoms with E-state index in [-0.39, 0.29) is 11.9 Å². The van der Waals surface area contributed by atoms with Gasteiger partial charge < -0.3 is 10.1 Å². The number of benzene rings is 1. The second-order valence-corrected chi connectivity index (χ2v) is 7.11. The zero-order valence-corrected chi connectivity index (χ0v) is 15.3. The number of nitrogens with one attached hydrogen (secondary N) is 1. The van der Waals surface area contributed by atoms with Crippen molar-refractivity contribution in [1.82, 2.24) is 10.2 Å². The van der Waals surface area contributed by atoms with Crippen LogP contribution in [0, 0.1) is 0 Å². The van der Waals surface area contributed by atoms with E-state index in [0.717, 1.165) is 23.7 Å². The highest BCUT2D eigenvalue weighted by atomic mass is 32.1. The van der Waals surface area contributed by atoms with Crippen LogP contribution >= 0.6 is 11.3 Å². The summed E-state index contributed by atoms with van der Waals surface area (Å²) in [6.07, 6.45) is 5.90. The molecule has 1 aliphatic rings. The van der Waals surface area contributed by atoms with Gasteiger partial charge in [0.1, 0.15) is 5.75 Å². The number of carbonyl (C=O) groups is 1. The van der Waals surface area contributed by atoms with Crippen molar-refractivity contribution < 1.29 is 9.53 Å². The zero-order chi connectivity index (χ0) is 17.5. The van der Waals surface area contributed by atoms with Crippen molar-refractivity contribution in [3.05, 3.63) is 58.3 Å². The second-order valence-electron chi connectivity index (χ2n) is 6.13. The summed E-state index contributed by atoms with van der Waals surface area (Å²) in [6.45, 7) is 2.74. The summed E-state index contributed by atoms with van der Waals surface area (Å²) < 4.78 is 5.36. The van der Waals surface area contributed by atoms with Crippen LogP contribution in [0.3, 0.4) is 0 Å². The lowest BCUT2D eigenvalue weighted by atomic mass is 10.0. The van der Waals surface area contributed by atoms with Crippen LogP contribution < -0.4 is 10.1 Å². The summed E-state index contributed by atoms with van der Waals surface area (Å²) in [5, 5.41) is 5.06. The Labute approximate surface area is 153 Å². The van der Waals surface area contributed by atoms with Gasteiger partial charge in [0.25, 0.3) is 0 Å². The number of rotatable bonds is 7. The molecule has 132 valence electrons. The number of carbonyl (C=O) groups excluding carboxylic acids is 1. The van der Waals surface area contributed by atoms with Gasteiger partial charge in [0.15, 0.2) is 0 Å². The molecule has 3 rings (SSSR count). The lowest BCUT2D eigenvalue weighted by Crippen LogP contribution is -2.36. The van der Waals surface area contributed by atoms with Gasteiger partial charge in [-0.15, -0.1) is 11.3 Å². The first kappa shape index (κ1) is 17.7. The van der Waals surface area contributed by atoms with Crippen LogP contribution in [0.1, 0.15) is 29.3 Å². The molecular weight excluding hydrogens is 332 g/mol. The van der Waals surface area contributed by atoms with E-state index in [2.05, 4.69) is 22.3 Å². The lowest BCUT2D eigenvalue weighted by molar-refractivity contribution is -0.116. The highest BCUT2D eigenvalue weighted by Crippen LogP contribution is 2.27. The molecule has 1 fully saturated rings. The number of nitrogens with zero attached hydrogens (tertiary/aromatic N) is 1. The van der Waals surface area contributed by atoms with Crippen LogP contribution in [0.25, 0.3) is 6.08 Å². The van der Waals surface area contributed by atoms with Gasteiger partial charge in [0.2, 0.25) is 5.91 Å². The Morgan fingerprint density at radius 1 is 1.32 bits per heavy atom.